The van der Waals surface area contributed by atoms with Gasteiger partial charge in [0, 0.05) is 32.4 Å². The van der Waals surface area contributed by atoms with Crippen LogP contribution in [0.3, 0.4) is 0 Å². The summed E-state index contributed by atoms with van der Waals surface area (Å²) in [6, 6.07) is 8.22. The molecular weight excluding hydrogens is 333 g/mol. The van der Waals surface area contributed by atoms with E-state index in [4.69, 9.17) is 4.74 Å². The first kappa shape index (κ1) is 18.6. The molecule has 0 amide bonds. The summed E-state index contributed by atoms with van der Waals surface area (Å²) >= 11 is 0. The number of aryl methyl sites for hydroxylation is 2. The molecule has 0 radical (unpaired) electrons. The zero-order valence-electron chi connectivity index (χ0n) is 15.5. The average Bonchev–Trinajstić information content (AvgIpc) is 3.13. The van der Waals surface area contributed by atoms with Gasteiger partial charge in [-0.1, -0.05) is 17.3 Å². The van der Waals surface area contributed by atoms with E-state index in [-0.39, 0.29) is 0 Å². The van der Waals surface area contributed by atoms with E-state index in [1.54, 1.807) is 11.8 Å². The first-order chi connectivity index (χ1) is 12.8. The van der Waals surface area contributed by atoms with E-state index in [0.29, 0.717) is 6.54 Å². The SMILES string of the molecule is COc1ccccc1N1CCN(CCCCc2cn(CCF)nn2)CC1. The predicted molar refractivity (Wildman–Crippen MR) is 101 cm³/mol. The molecule has 2 aromatic rings. The molecule has 1 aromatic heterocycles. The smallest absolute Gasteiger partial charge is 0.142 e. The van der Waals surface area contributed by atoms with Gasteiger partial charge in [-0.05, 0) is 37.9 Å². The predicted octanol–water partition coefficient (Wildman–Crippen LogP) is 2.40. The fourth-order valence-corrected chi connectivity index (χ4v) is 3.39. The maximum absolute atomic E-state index is 12.3. The summed E-state index contributed by atoms with van der Waals surface area (Å²) in [6.45, 7) is 5.21. The highest BCUT2D eigenvalue weighted by Crippen LogP contribution is 2.28. The van der Waals surface area contributed by atoms with Crippen LogP contribution in [-0.2, 0) is 13.0 Å². The Kier molecular flexibility index (Phi) is 6.82. The monoisotopic (exact) mass is 361 g/mol. The summed E-state index contributed by atoms with van der Waals surface area (Å²) in [4.78, 5) is 4.92. The van der Waals surface area contributed by atoms with Gasteiger partial charge in [0.05, 0.1) is 25.0 Å². The molecule has 0 N–H and O–H groups in total. The minimum absolute atomic E-state index is 0.295. The lowest BCUT2D eigenvalue weighted by Crippen LogP contribution is -2.46. The Hall–Kier alpha value is -2.15. The van der Waals surface area contributed by atoms with E-state index in [0.717, 1.165) is 63.4 Å². The van der Waals surface area contributed by atoms with Crippen LogP contribution in [0.1, 0.15) is 18.5 Å². The van der Waals surface area contributed by atoms with E-state index < -0.39 is 6.67 Å². The summed E-state index contributed by atoms with van der Waals surface area (Å²) in [6.07, 6.45) is 4.99. The second-order valence-electron chi connectivity index (χ2n) is 6.62. The number of nitrogens with zero attached hydrogens (tertiary/aromatic N) is 5. The van der Waals surface area contributed by atoms with Crippen molar-refractivity contribution in [1.29, 1.82) is 0 Å². The number of alkyl halides is 1. The van der Waals surface area contributed by atoms with Gasteiger partial charge in [-0.25, -0.2) is 9.07 Å². The molecule has 26 heavy (non-hydrogen) atoms. The van der Waals surface area contributed by atoms with Crippen LogP contribution in [0.4, 0.5) is 10.1 Å². The summed E-state index contributed by atoms with van der Waals surface area (Å²) in [5, 5.41) is 8.02. The molecule has 0 aliphatic carbocycles. The molecule has 1 aliphatic rings. The lowest BCUT2D eigenvalue weighted by Gasteiger charge is -2.36. The second kappa shape index (κ2) is 9.52. The molecular formula is C19H28FN5O. The van der Waals surface area contributed by atoms with Gasteiger partial charge < -0.3 is 9.64 Å². The van der Waals surface area contributed by atoms with E-state index in [1.807, 2.05) is 18.3 Å². The van der Waals surface area contributed by atoms with Crippen LogP contribution < -0.4 is 9.64 Å². The zero-order valence-corrected chi connectivity index (χ0v) is 15.5. The maximum Gasteiger partial charge on any atom is 0.142 e. The fourth-order valence-electron chi connectivity index (χ4n) is 3.39. The van der Waals surface area contributed by atoms with Gasteiger partial charge in [-0.15, -0.1) is 5.10 Å². The van der Waals surface area contributed by atoms with Crippen molar-refractivity contribution in [3.63, 3.8) is 0 Å². The number of hydrogen-bond donors (Lipinski definition) is 0. The largest absolute Gasteiger partial charge is 0.495 e. The number of benzene rings is 1. The van der Waals surface area contributed by atoms with Crippen LogP contribution in [-0.4, -0.2) is 66.4 Å². The highest BCUT2D eigenvalue weighted by atomic mass is 19.1. The minimum Gasteiger partial charge on any atom is -0.495 e. The molecule has 0 atom stereocenters. The zero-order chi connectivity index (χ0) is 18.2. The van der Waals surface area contributed by atoms with E-state index in [9.17, 15) is 4.39 Å². The van der Waals surface area contributed by atoms with Crippen LogP contribution in [0.5, 0.6) is 5.75 Å². The molecule has 0 unspecified atom stereocenters. The first-order valence-corrected chi connectivity index (χ1v) is 9.35. The van der Waals surface area contributed by atoms with Crippen molar-refractivity contribution >= 4 is 5.69 Å². The number of halogens is 1. The highest BCUT2D eigenvalue weighted by Gasteiger charge is 2.19. The third-order valence-electron chi connectivity index (χ3n) is 4.86. The first-order valence-electron chi connectivity index (χ1n) is 9.35. The van der Waals surface area contributed by atoms with E-state index in [1.165, 1.54) is 5.69 Å². The third kappa shape index (κ3) is 4.94. The molecule has 1 saturated heterocycles. The Balaban J connectivity index is 1.36. The standard InChI is InChI=1S/C19H28FN5O/c1-26-19-8-3-2-7-18(19)24-14-12-23(13-15-24)10-5-4-6-17-16-25(11-9-20)22-21-17/h2-3,7-8,16H,4-6,9-15H2,1H3. The average molecular weight is 361 g/mol. The molecule has 142 valence electrons. The van der Waals surface area contributed by atoms with Crippen molar-refractivity contribution in [1.82, 2.24) is 19.9 Å². The van der Waals surface area contributed by atoms with Crippen LogP contribution in [0.2, 0.25) is 0 Å². The number of methoxy groups -OCH3 is 1. The normalized spacial score (nSPS) is 15.4. The fraction of sp³-hybridized carbons (Fsp3) is 0.579. The second-order valence-corrected chi connectivity index (χ2v) is 6.62. The number of piperazine rings is 1. The van der Waals surface area contributed by atoms with Gasteiger partial charge in [0.25, 0.3) is 0 Å². The van der Waals surface area contributed by atoms with Crippen molar-refractivity contribution in [2.75, 3.05) is 51.4 Å². The molecule has 0 spiro atoms. The number of unbranched alkanes of at least 4 members (excludes halogenated alkanes) is 1. The Morgan fingerprint density at radius 3 is 2.65 bits per heavy atom. The van der Waals surface area contributed by atoms with Gasteiger partial charge in [-0.3, -0.25) is 4.90 Å². The van der Waals surface area contributed by atoms with Crippen molar-refractivity contribution in [3.8, 4) is 5.75 Å². The summed E-state index contributed by atoms with van der Waals surface area (Å²) in [5.41, 5.74) is 2.14. The van der Waals surface area contributed by atoms with Crippen molar-refractivity contribution in [3.05, 3.63) is 36.2 Å². The molecule has 0 bridgehead atoms. The molecule has 3 rings (SSSR count). The van der Waals surface area contributed by atoms with Crippen molar-refractivity contribution in [2.24, 2.45) is 0 Å². The number of aromatic nitrogens is 3. The third-order valence-corrected chi connectivity index (χ3v) is 4.86. The molecule has 7 heteroatoms. The van der Waals surface area contributed by atoms with Gasteiger partial charge >= 0.3 is 0 Å². The molecule has 1 fully saturated rings. The summed E-state index contributed by atoms with van der Waals surface area (Å²) in [5.74, 6) is 0.946. The van der Waals surface area contributed by atoms with Crippen LogP contribution in [0.25, 0.3) is 0 Å². The van der Waals surface area contributed by atoms with Crippen LogP contribution in [0.15, 0.2) is 30.5 Å². The number of ether oxygens (including phenoxy) is 1. The van der Waals surface area contributed by atoms with Crippen LogP contribution >= 0.6 is 0 Å². The number of hydrogen-bond acceptors (Lipinski definition) is 5. The lowest BCUT2D eigenvalue weighted by molar-refractivity contribution is 0.252. The number of rotatable bonds is 9. The Morgan fingerprint density at radius 2 is 1.88 bits per heavy atom. The van der Waals surface area contributed by atoms with E-state index >= 15 is 0 Å². The molecule has 2 heterocycles. The van der Waals surface area contributed by atoms with Gasteiger partial charge in [0.1, 0.15) is 12.4 Å². The van der Waals surface area contributed by atoms with E-state index in [2.05, 4.69) is 32.2 Å². The van der Waals surface area contributed by atoms with Crippen molar-refractivity contribution < 1.29 is 9.13 Å². The summed E-state index contributed by atoms with van der Waals surface area (Å²) in [7, 11) is 1.73. The minimum atomic E-state index is -0.399. The molecule has 0 saturated carbocycles. The van der Waals surface area contributed by atoms with Crippen LogP contribution in [0, 0.1) is 0 Å². The Morgan fingerprint density at radius 1 is 1.08 bits per heavy atom. The number of para-hydroxylation sites is 2. The quantitative estimate of drug-likeness (QED) is 0.642. The Labute approximate surface area is 154 Å². The van der Waals surface area contributed by atoms with Crippen molar-refractivity contribution in [2.45, 2.75) is 25.8 Å². The molecule has 1 aliphatic heterocycles. The molecule has 6 nitrogen and oxygen atoms in total. The molecule has 1 aromatic carbocycles. The topological polar surface area (TPSA) is 46.4 Å². The lowest BCUT2D eigenvalue weighted by atomic mass is 10.2. The van der Waals surface area contributed by atoms with Gasteiger partial charge in [0.2, 0.25) is 0 Å². The Bertz CT molecular complexity index is 669. The summed E-state index contributed by atoms with van der Waals surface area (Å²) < 4.78 is 19.3. The highest BCUT2D eigenvalue weighted by molar-refractivity contribution is 5.58. The number of anilines is 1. The maximum atomic E-state index is 12.3. The van der Waals surface area contributed by atoms with Gasteiger partial charge in [0.15, 0.2) is 0 Å². The van der Waals surface area contributed by atoms with Gasteiger partial charge in [-0.2, -0.15) is 0 Å².